The Morgan fingerprint density at radius 3 is 2.63 bits per heavy atom. The van der Waals surface area contributed by atoms with Gasteiger partial charge in [0.15, 0.2) is 0 Å². The molecule has 2 saturated carbocycles. The van der Waals surface area contributed by atoms with Crippen molar-refractivity contribution in [2.45, 2.75) is 70.9 Å². The number of hydrogen-bond donors (Lipinski definition) is 1. The molecule has 2 aliphatic rings. The van der Waals surface area contributed by atoms with Crippen molar-refractivity contribution in [3.63, 3.8) is 0 Å². The smallest absolute Gasteiger partial charge is 0.0661 e. The van der Waals surface area contributed by atoms with Gasteiger partial charge in [-0.05, 0) is 45.6 Å². The van der Waals surface area contributed by atoms with Gasteiger partial charge in [0.2, 0.25) is 0 Å². The third-order valence-electron chi connectivity index (χ3n) is 4.89. The molecule has 1 spiro atoms. The van der Waals surface area contributed by atoms with E-state index in [9.17, 15) is 0 Å². The first-order valence-electron chi connectivity index (χ1n) is 8.26. The Morgan fingerprint density at radius 2 is 1.95 bits per heavy atom. The van der Waals surface area contributed by atoms with E-state index in [4.69, 9.17) is 9.47 Å². The van der Waals surface area contributed by atoms with E-state index in [0.717, 1.165) is 39.2 Å². The highest BCUT2D eigenvalue weighted by Gasteiger charge is 2.56. The molecule has 0 aromatic carbocycles. The fourth-order valence-electron chi connectivity index (χ4n) is 3.87. The molecule has 3 heteroatoms. The van der Waals surface area contributed by atoms with Crippen molar-refractivity contribution in [3.8, 4) is 0 Å². The molecule has 2 fully saturated rings. The zero-order valence-corrected chi connectivity index (χ0v) is 12.7. The van der Waals surface area contributed by atoms with Gasteiger partial charge in [0.05, 0.1) is 6.10 Å². The van der Waals surface area contributed by atoms with Gasteiger partial charge in [-0.1, -0.05) is 19.8 Å². The molecule has 19 heavy (non-hydrogen) atoms. The van der Waals surface area contributed by atoms with Crippen LogP contribution in [0.4, 0.5) is 0 Å². The molecule has 112 valence electrons. The number of ether oxygens (including phenoxy) is 2. The minimum absolute atomic E-state index is 0.473. The molecule has 1 N–H and O–H groups in total. The number of nitrogens with one attached hydrogen (secondary N) is 1. The van der Waals surface area contributed by atoms with Crippen molar-refractivity contribution in [1.29, 1.82) is 0 Å². The van der Waals surface area contributed by atoms with Gasteiger partial charge in [-0.3, -0.25) is 0 Å². The Balaban J connectivity index is 1.66. The maximum atomic E-state index is 5.94. The average molecular weight is 269 g/mol. The van der Waals surface area contributed by atoms with Crippen LogP contribution in [-0.2, 0) is 9.47 Å². The van der Waals surface area contributed by atoms with Crippen molar-refractivity contribution in [3.05, 3.63) is 0 Å². The summed E-state index contributed by atoms with van der Waals surface area (Å²) in [4.78, 5) is 0. The minimum Gasteiger partial charge on any atom is -0.381 e. The average Bonchev–Trinajstić information content (AvgIpc) is 2.92. The number of rotatable bonds is 9. The molecule has 3 nitrogen and oxygen atoms in total. The van der Waals surface area contributed by atoms with E-state index in [2.05, 4.69) is 19.2 Å². The zero-order chi connectivity index (χ0) is 13.6. The van der Waals surface area contributed by atoms with Gasteiger partial charge in [-0.25, -0.2) is 0 Å². The summed E-state index contributed by atoms with van der Waals surface area (Å²) in [7, 11) is 0. The van der Waals surface area contributed by atoms with E-state index in [1.807, 2.05) is 0 Å². The summed E-state index contributed by atoms with van der Waals surface area (Å²) in [5.41, 5.74) is 0.473. The predicted octanol–water partition coefficient (Wildman–Crippen LogP) is 3.13. The van der Waals surface area contributed by atoms with Gasteiger partial charge in [0.25, 0.3) is 0 Å². The zero-order valence-electron chi connectivity index (χ0n) is 12.7. The van der Waals surface area contributed by atoms with Crippen LogP contribution in [-0.4, -0.2) is 38.5 Å². The van der Waals surface area contributed by atoms with Crippen LogP contribution in [0.3, 0.4) is 0 Å². The fraction of sp³-hybridized carbons (Fsp3) is 1.00. The lowest BCUT2D eigenvalue weighted by molar-refractivity contribution is -0.130. The van der Waals surface area contributed by atoms with Gasteiger partial charge in [0.1, 0.15) is 0 Å². The molecule has 0 amide bonds. The molecule has 0 aromatic rings. The largest absolute Gasteiger partial charge is 0.381 e. The van der Waals surface area contributed by atoms with Crippen LogP contribution >= 0.6 is 0 Å². The van der Waals surface area contributed by atoms with E-state index in [0.29, 0.717) is 17.6 Å². The van der Waals surface area contributed by atoms with Crippen molar-refractivity contribution >= 4 is 0 Å². The molecule has 0 radical (unpaired) electrons. The molecular weight excluding hydrogens is 238 g/mol. The molecule has 2 unspecified atom stereocenters. The summed E-state index contributed by atoms with van der Waals surface area (Å²) in [5.74, 6) is 0. The minimum atomic E-state index is 0.473. The van der Waals surface area contributed by atoms with Crippen LogP contribution in [0.25, 0.3) is 0 Å². The maximum absolute atomic E-state index is 5.94. The molecule has 2 rings (SSSR count). The molecule has 0 aromatic heterocycles. The summed E-state index contributed by atoms with van der Waals surface area (Å²) in [6.45, 7) is 8.03. The van der Waals surface area contributed by atoms with Crippen LogP contribution in [0.5, 0.6) is 0 Å². The van der Waals surface area contributed by atoms with Crippen molar-refractivity contribution < 1.29 is 9.47 Å². The first kappa shape index (κ1) is 15.3. The van der Waals surface area contributed by atoms with Gasteiger partial charge >= 0.3 is 0 Å². The highest BCUT2D eigenvalue weighted by Crippen LogP contribution is 2.54. The van der Waals surface area contributed by atoms with Crippen LogP contribution in [0.15, 0.2) is 0 Å². The molecular formula is C16H31NO2. The molecule has 2 atom stereocenters. The Labute approximate surface area is 118 Å². The standard InChI is InChI=1S/C16H31NO2/c1-3-11-18-12-7-10-17-14-13-15(19-4-2)16(14)8-5-6-9-16/h14-15,17H,3-13H2,1-2H3. The summed E-state index contributed by atoms with van der Waals surface area (Å²) in [6, 6.07) is 0.692. The summed E-state index contributed by atoms with van der Waals surface area (Å²) in [6.07, 6.45) is 9.49. The first-order chi connectivity index (χ1) is 9.33. The van der Waals surface area contributed by atoms with Gasteiger partial charge in [-0.2, -0.15) is 0 Å². The third kappa shape index (κ3) is 3.50. The number of hydrogen-bond acceptors (Lipinski definition) is 3. The van der Waals surface area contributed by atoms with E-state index in [1.165, 1.54) is 32.1 Å². The van der Waals surface area contributed by atoms with Crippen molar-refractivity contribution in [2.75, 3.05) is 26.4 Å². The van der Waals surface area contributed by atoms with Crippen molar-refractivity contribution in [2.24, 2.45) is 5.41 Å². The topological polar surface area (TPSA) is 30.5 Å². The monoisotopic (exact) mass is 269 g/mol. The van der Waals surface area contributed by atoms with Gasteiger partial charge in [-0.15, -0.1) is 0 Å². The summed E-state index contributed by atoms with van der Waals surface area (Å²) >= 11 is 0. The quantitative estimate of drug-likeness (QED) is 0.652. The van der Waals surface area contributed by atoms with E-state index < -0.39 is 0 Å². The van der Waals surface area contributed by atoms with Crippen molar-refractivity contribution in [1.82, 2.24) is 5.32 Å². The van der Waals surface area contributed by atoms with E-state index in [1.54, 1.807) is 0 Å². The maximum Gasteiger partial charge on any atom is 0.0661 e. The molecule has 0 aliphatic heterocycles. The lowest BCUT2D eigenvalue weighted by Gasteiger charge is -2.54. The second-order valence-corrected chi connectivity index (χ2v) is 6.09. The van der Waals surface area contributed by atoms with E-state index in [-0.39, 0.29) is 0 Å². The normalized spacial score (nSPS) is 28.7. The lowest BCUT2D eigenvalue weighted by atomic mass is 9.60. The Morgan fingerprint density at radius 1 is 1.16 bits per heavy atom. The Kier molecular flexibility index (Phi) is 6.11. The highest BCUT2D eigenvalue weighted by atomic mass is 16.5. The molecule has 0 saturated heterocycles. The SMILES string of the molecule is CCCOCCCNC1CC(OCC)C12CCCC2. The Bertz CT molecular complexity index is 251. The summed E-state index contributed by atoms with van der Waals surface area (Å²) in [5, 5.41) is 3.76. The fourth-order valence-corrected chi connectivity index (χ4v) is 3.87. The molecule has 0 bridgehead atoms. The van der Waals surface area contributed by atoms with Crippen LogP contribution in [0, 0.1) is 5.41 Å². The van der Waals surface area contributed by atoms with Crippen LogP contribution in [0.1, 0.15) is 58.8 Å². The molecule has 2 aliphatic carbocycles. The lowest BCUT2D eigenvalue weighted by Crippen LogP contribution is -2.62. The second-order valence-electron chi connectivity index (χ2n) is 6.09. The van der Waals surface area contributed by atoms with Crippen LogP contribution < -0.4 is 5.32 Å². The van der Waals surface area contributed by atoms with E-state index >= 15 is 0 Å². The predicted molar refractivity (Wildman–Crippen MR) is 78.4 cm³/mol. The Hall–Kier alpha value is -0.120. The third-order valence-corrected chi connectivity index (χ3v) is 4.89. The highest BCUT2D eigenvalue weighted by molar-refractivity contribution is 5.09. The summed E-state index contributed by atoms with van der Waals surface area (Å²) < 4.78 is 11.5. The van der Waals surface area contributed by atoms with Gasteiger partial charge in [0, 0.05) is 31.3 Å². The molecule has 0 heterocycles. The van der Waals surface area contributed by atoms with Crippen LogP contribution in [0.2, 0.25) is 0 Å². The first-order valence-corrected chi connectivity index (χ1v) is 8.26. The second kappa shape index (κ2) is 7.61. The van der Waals surface area contributed by atoms with Gasteiger partial charge < -0.3 is 14.8 Å².